The van der Waals surface area contributed by atoms with Crippen molar-refractivity contribution in [3.05, 3.63) is 70.0 Å². The van der Waals surface area contributed by atoms with Crippen LogP contribution in [-0.2, 0) is 0 Å². The number of hydrogen-bond acceptors (Lipinski definition) is 1. The fourth-order valence-corrected chi connectivity index (χ4v) is 1.91. The fourth-order valence-electron chi connectivity index (χ4n) is 1.91. The van der Waals surface area contributed by atoms with Gasteiger partial charge in [-0.3, -0.25) is 0 Å². The van der Waals surface area contributed by atoms with E-state index in [0.717, 1.165) is 17.2 Å². The van der Waals surface area contributed by atoms with Gasteiger partial charge >= 0.3 is 0 Å². The molecule has 100 valence electrons. The van der Waals surface area contributed by atoms with Crippen molar-refractivity contribution in [1.29, 1.82) is 0 Å². The molecule has 0 saturated heterocycles. The van der Waals surface area contributed by atoms with Gasteiger partial charge in [0.05, 0.1) is 6.04 Å². The lowest BCUT2D eigenvalue weighted by Crippen LogP contribution is -2.14. The molecule has 0 radical (unpaired) electrons. The molecule has 2 rings (SSSR count). The standard InChI is InChI=1S/C15H14F3N/c1-8-3-4-10(5-9(8)2)15(19)11-6-13(17)14(18)7-12(11)16/h3-7,15H,19H2,1-2H3. The molecule has 1 unspecified atom stereocenters. The van der Waals surface area contributed by atoms with Gasteiger partial charge in [0.2, 0.25) is 0 Å². The third kappa shape index (κ3) is 2.63. The molecule has 2 N–H and O–H groups in total. The van der Waals surface area contributed by atoms with Gasteiger partial charge < -0.3 is 5.73 Å². The molecule has 4 heteroatoms. The Morgan fingerprint density at radius 3 is 2.11 bits per heavy atom. The molecule has 0 aliphatic rings. The van der Waals surface area contributed by atoms with Crippen molar-refractivity contribution in [2.24, 2.45) is 5.73 Å². The molecule has 0 aliphatic heterocycles. The lowest BCUT2D eigenvalue weighted by atomic mass is 9.96. The van der Waals surface area contributed by atoms with E-state index < -0.39 is 23.5 Å². The summed E-state index contributed by atoms with van der Waals surface area (Å²) < 4.78 is 39.7. The molecular weight excluding hydrogens is 251 g/mol. The number of benzene rings is 2. The summed E-state index contributed by atoms with van der Waals surface area (Å²) in [6, 6.07) is 5.95. The van der Waals surface area contributed by atoms with Crippen LogP contribution in [0.25, 0.3) is 0 Å². The third-order valence-corrected chi connectivity index (χ3v) is 3.26. The SMILES string of the molecule is Cc1ccc(C(N)c2cc(F)c(F)cc2F)cc1C. The molecule has 0 amide bonds. The van der Waals surface area contributed by atoms with Crippen LogP contribution in [0.5, 0.6) is 0 Å². The molecule has 0 spiro atoms. The smallest absolute Gasteiger partial charge is 0.161 e. The van der Waals surface area contributed by atoms with Crippen LogP contribution in [0.2, 0.25) is 0 Å². The van der Waals surface area contributed by atoms with Gasteiger partial charge in [-0.25, -0.2) is 13.2 Å². The monoisotopic (exact) mass is 265 g/mol. The van der Waals surface area contributed by atoms with Gasteiger partial charge in [-0.1, -0.05) is 18.2 Å². The molecule has 19 heavy (non-hydrogen) atoms. The van der Waals surface area contributed by atoms with E-state index in [1.54, 1.807) is 6.07 Å². The summed E-state index contributed by atoms with van der Waals surface area (Å²) in [5.41, 5.74) is 8.63. The lowest BCUT2D eigenvalue weighted by Gasteiger charge is -2.15. The molecule has 0 aliphatic carbocycles. The molecule has 0 saturated carbocycles. The summed E-state index contributed by atoms with van der Waals surface area (Å²) in [6.07, 6.45) is 0. The van der Waals surface area contributed by atoms with E-state index in [1.807, 2.05) is 26.0 Å². The first kappa shape index (κ1) is 13.6. The summed E-state index contributed by atoms with van der Waals surface area (Å²) in [4.78, 5) is 0. The first-order chi connectivity index (χ1) is 8.90. The Hall–Kier alpha value is -1.81. The van der Waals surface area contributed by atoms with Crippen molar-refractivity contribution < 1.29 is 13.2 Å². The molecule has 0 heterocycles. The Kier molecular flexibility index (Phi) is 3.62. The van der Waals surface area contributed by atoms with Gasteiger partial charge in [-0.2, -0.15) is 0 Å². The van der Waals surface area contributed by atoms with Gasteiger partial charge in [-0.05, 0) is 36.6 Å². The highest BCUT2D eigenvalue weighted by Gasteiger charge is 2.17. The highest BCUT2D eigenvalue weighted by atomic mass is 19.2. The van der Waals surface area contributed by atoms with Crippen molar-refractivity contribution in [3.8, 4) is 0 Å². The summed E-state index contributed by atoms with van der Waals surface area (Å²) in [6.45, 7) is 3.86. The molecule has 0 aromatic heterocycles. The zero-order valence-corrected chi connectivity index (χ0v) is 10.7. The molecule has 1 nitrogen and oxygen atoms in total. The zero-order chi connectivity index (χ0) is 14.2. The second-order valence-electron chi connectivity index (χ2n) is 4.61. The van der Waals surface area contributed by atoms with E-state index in [9.17, 15) is 13.2 Å². The Labute approximate surface area is 109 Å². The van der Waals surface area contributed by atoms with E-state index in [4.69, 9.17) is 5.73 Å². The van der Waals surface area contributed by atoms with E-state index in [-0.39, 0.29) is 5.56 Å². The van der Waals surface area contributed by atoms with Gasteiger partial charge in [0.25, 0.3) is 0 Å². The first-order valence-electron chi connectivity index (χ1n) is 5.87. The summed E-state index contributed by atoms with van der Waals surface area (Å²) in [5.74, 6) is -3.16. The van der Waals surface area contributed by atoms with Gasteiger partial charge in [0.1, 0.15) is 5.82 Å². The Balaban J connectivity index is 2.46. The van der Waals surface area contributed by atoms with Crippen LogP contribution in [-0.4, -0.2) is 0 Å². The molecule has 2 aromatic carbocycles. The van der Waals surface area contributed by atoms with Crippen molar-refractivity contribution in [2.45, 2.75) is 19.9 Å². The van der Waals surface area contributed by atoms with Crippen LogP contribution in [0.4, 0.5) is 13.2 Å². The van der Waals surface area contributed by atoms with Gasteiger partial charge in [0.15, 0.2) is 11.6 Å². The highest BCUT2D eigenvalue weighted by Crippen LogP contribution is 2.25. The molecular formula is C15H14F3N. The quantitative estimate of drug-likeness (QED) is 0.822. The van der Waals surface area contributed by atoms with Crippen LogP contribution >= 0.6 is 0 Å². The predicted octanol–water partition coefficient (Wildman–Crippen LogP) is 3.77. The first-order valence-corrected chi connectivity index (χ1v) is 5.87. The lowest BCUT2D eigenvalue weighted by molar-refractivity contribution is 0.487. The van der Waals surface area contributed by atoms with Crippen LogP contribution in [0.15, 0.2) is 30.3 Å². The second kappa shape index (κ2) is 5.05. The van der Waals surface area contributed by atoms with Gasteiger partial charge in [0, 0.05) is 11.6 Å². The largest absolute Gasteiger partial charge is 0.320 e. The van der Waals surface area contributed by atoms with Crippen molar-refractivity contribution in [1.82, 2.24) is 0 Å². The van der Waals surface area contributed by atoms with Crippen molar-refractivity contribution in [3.63, 3.8) is 0 Å². The Morgan fingerprint density at radius 2 is 1.47 bits per heavy atom. The van der Waals surface area contributed by atoms with E-state index in [1.165, 1.54) is 0 Å². The van der Waals surface area contributed by atoms with Crippen LogP contribution in [0.1, 0.15) is 28.3 Å². The van der Waals surface area contributed by atoms with Gasteiger partial charge in [-0.15, -0.1) is 0 Å². The average Bonchev–Trinajstić information content (AvgIpc) is 2.36. The number of aryl methyl sites for hydroxylation is 2. The van der Waals surface area contributed by atoms with E-state index in [0.29, 0.717) is 11.6 Å². The summed E-state index contributed by atoms with van der Waals surface area (Å²) >= 11 is 0. The Bertz CT molecular complexity index is 623. The molecule has 2 aromatic rings. The fraction of sp³-hybridized carbons (Fsp3) is 0.200. The number of hydrogen-bond donors (Lipinski definition) is 1. The number of nitrogens with two attached hydrogens (primary N) is 1. The van der Waals surface area contributed by atoms with Crippen LogP contribution in [0.3, 0.4) is 0 Å². The topological polar surface area (TPSA) is 26.0 Å². The second-order valence-corrected chi connectivity index (χ2v) is 4.61. The van der Waals surface area contributed by atoms with Crippen molar-refractivity contribution in [2.75, 3.05) is 0 Å². The maximum atomic E-state index is 13.7. The minimum Gasteiger partial charge on any atom is -0.320 e. The maximum absolute atomic E-state index is 13.7. The maximum Gasteiger partial charge on any atom is 0.161 e. The minimum atomic E-state index is -1.21. The minimum absolute atomic E-state index is 0.0536. The zero-order valence-electron chi connectivity index (χ0n) is 10.7. The normalized spacial score (nSPS) is 12.5. The number of halogens is 3. The average molecular weight is 265 g/mol. The van der Waals surface area contributed by atoms with E-state index in [2.05, 4.69) is 0 Å². The molecule has 0 bridgehead atoms. The predicted molar refractivity (Wildman–Crippen MR) is 68.3 cm³/mol. The summed E-state index contributed by atoms with van der Waals surface area (Å²) in [7, 11) is 0. The summed E-state index contributed by atoms with van der Waals surface area (Å²) in [5, 5.41) is 0. The molecule has 0 fully saturated rings. The Morgan fingerprint density at radius 1 is 0.842 bits per heavy atom. The van der Waals surface area contributed by atoms with E-state index >= 15 is 0 Å². The highest BCUT2D eigenvalue weighted by molar-refractivity contribution is 5.37. The van der Waals surface area contributed by atoms with Crippen molar-refractivity contribution >= 4 is 0 Å². The number of rotatable bonds is 2. The molecule has 1 atom stereocenters. The van der Waals surface area contributed by atoms with Crippen LogP contribution in [0, 0.1) is 31.3 Å². The third-order valence-electron chi connectivity index (χ3n) is 3.26. The van der Waals surface area contributed by atoms with Crippen LogP contribution < -0.4 is 5.73 Å².